The van der Waals surface area contributed by atoms with Crippen molar-refractivity contribution in [2.75, 3.05) is 6.54 Å². The third-order valence-corrected chi connectivity index (χ3v) is 4.15. The van der Waals surface area contributed by atoms with Crippen LogP contribution in [0.3, 0.4) is 0 Å². The molecule has 3 aromatic rings. The number of nitrogens with one attached hydrogen (secondary N) is 1. The first-order chi connectivity index (χ1) is 12.3. The van der Waals surface area contributed by atoms with Gasteiger partial charge in [-0.25, -0.2) is 0 Å². The number of aryl methyl sites for hydroxylation is 1. The van der Waals surface area contributed by atoms with E-state index in [9.17, 15) is 4.79 Å². The van der Waals surface area contributed by atoms with Crippen molar-refractivity contribution in [1.82, 2.24) is 25.6 Å². The lowest BCUT2D eigenvalue weighted by atomic mass is 9.96. The lowest BCUT2D eigenvalue weighted by Crippen LogP contribution is -2.26. The number of hydrogen-bond donors (Lipinski definition) is 1. The molecule has 8 nitrogen and oxygen atoms in total. The topological polar surface area (TPSA) is 107 Å². The van der Waals surface area contributed by atoms with Gasteiger partial charge in [0.1, 0.15) is 5.69 Å². The first-order valence-electron chi connectivity index (χ1n) is 8.31. The van der Waals surface area contributed by atoms with Gasteiger partial charge in [-0.1, -0.05) is 16.4 Å². The molecule has 0 aromatic carbocycles. The van der Waals surface area contributed by atoms with E-state index < -0.39 is 0 Å². The molecule has 0 aliphatic heterocycles. The summed E-state index contributed by atoms with van der Waals surface area (Å²) in [5.41, 5.74) is 2.50. The summed E-state index contributed by atoms with van der Waals surface area (Å²) in [5.74, 6) is 0.960. The van der Waals surface area contributed by atoms with Crippen molar-refractivity contribution in [2.45, 2.75) is 32.1 Å². The summed E-state index contributed by atoms with van der Waals surface area (Å²) in [5, 5.41) is 10.7. The molecular formula is C17H17N5O3. The quantitative estimate of drug-likeness (QED) is 0.757. The Kier molecular flexibility index (Phi) is 4.24. The van der Waals surface area contributed by atoms with Crippen LogP contribution in [-0.2, 0) is 19.3 Å². The SMILES string of the molecule is O=C(NCCc1nc(-c2ccccn2)no1)c1onc2c1CCCC2. The molecule has 1 aliphatic rings. The molecule has 0 atom stereocenters. The van der Waals surface area contributed by atoms with Crippen molar-refractivity contribution in [1.29, 1.82) is 0 Å². The van der Waals surface area contributed by atoms with E-state index in [4.69, 9.17) is 9.05 Å². The highest BCUT2D eigenvalue weighted by Crippen LogP contribution is 2.23. The van der Waals surface area contributed by atoms with Crippen LogP contribution in [0, 0.1) is 0 Å². The molecule has 4 rings (SSSR count). The van der Waals surface area contributed by atoms with E-state index in [0.29, 0.717) is 36.1 Å². The molecule has 8 heteroatoms. The number of hydrogen-bond acceptors (Lipinski definition) is 7. The van der Waals surface area contributed by atoms with Crippen molar-refractivity contribution in [3.8, 4) is 11.5 Å². The van der Waals surface area contributed by atoms with Crippen molar-refractivity contribution in [2.24, 2.45) is 0 Å². The average Bonchev–Trinajstić information content (AvgIpc) is 3.29. The molecule has 0 unspecified atom stereocenters. The third kappa shape index (κ3) is 3.28. The zero-order valence-corrected chi connectivity index (χ0v) is 13.6. The number of aromatic nitrogens is 4. The summed E-state index contributed by atoms with van der Waals surface area (Å²) < 4.78 is 10.4. The van der Waals surface area contributed by atoms with Crippen molar-refractivity contribution < 1.29 is 13.8 Å². The summed E-state index contributed by atoms with van der Waals surface area (Å²) in [6, 6.07) is 5.49. The van der Waals surface area contributed by atoms with E-state index in [0.717, 1.165) is 36.9 Å². The van der Waals surface area contributed by atoms with Crippen LogP contribution in [0.15, 0.2) is 33.4 Å². The third-order valence-electron chi connectivity index (χ3n) is 4.15. The van der Waals surface area contributed by atoms with E-state index in [2.05, 4.69) is 25.6 Å². The standard InChI is InChI=1S/C17H17N5O3/c23-17(15-11-5-1-2-6-12(11)21-25-15)19-10-8-14-20-16(22-24-14)13-7-3-4-9-18-13/h3-4,7,9H,1-2,5-6,8,10H2,(H,19,23). The largest absolute Gasteiger partial charge is 0.350 e. The fourth-order valence-corrected chi connectivity index (χ4v) is 2.89. The maximum absolute atomic E-state index is 12.3. The van der Waals surface area contributed by atoms with Gasteiger partial charge in [0.15, 0.2) is 0 Å². The van der Waals surface area contributed by atoms with Gasteiger partial charge in [-0.05, 0) is 37.8 Å². The van der Waals surface area contributed by atoms with Gasteiger partial charge in [0.05, 0.1) is 5.69 Å². The van der Waals surface area contributed by atoms with Crippen molar-refractivity contribution >= 4 is 5.91 Å². The van der Waals surface area contributed by atoms with Gasteiger partial charge in [0, 0.05) is 24.7 Å². The predicted molar refractivity (Wildman–Crippen MR) is 86.7 cm³/mol. The average molecular weight is 339 g/mol. The molecule has 0 spiro atoms. The Hall–Kier alpha value is -3.03. The number of carbonyl (C=O) groups excluding carboxylic acids is 1. The normalized spacial score (nSPS) is 13.4. The fourth-order valence-electron chi connectivity index (χ4n) is 2.89. The van der Waals surface area contributed by atoms with Crippen LogP contribution in [0.5, 0.6) is 0 Å². The molecule has 3 heterocycles. The second-order valence-corrected chi connectivity index (χ2v) is 5.88. The lowest BCUT2D eigenvalue weighted by molar-refractivity contribution is 0.0915. The molecule has 1 aliphatic carbocycles. The number of carbonyl (C=O) groups is 1. The Bertz CT molecular complexity index is 872. The molecule has 1 N–H and O–H groups in total. The van der Waals surface area contributed by atoms with Crippen LogP contribution in [0.4, 0.5) is 0 Å². The molecule has 1 amide bonds. The van der Waals surface area contributed by atoms with E-state index in [1.807, 2.05) is 18.2 Å². The molecule has 0 saturated heterocycles. The number of amides is 1. The molecule has 0 radical (unpaired) electrons. The summed E-state index contributed by atoms with van der Waals surface area (Å²) in [4.78, 5) is 20.7. The van der Waals surface area contributed by atoms with Gasteiger partial charge in [0.2, 0.25) is 17.5 Å². The second kappa shape index (κ2) is 6.84. The summed E-state index contributed by atoms with van der Waals surface area (Å²) in [7, 11) is 0. The Morgan fingerprint density at radius 3 is 2.96 bits per heavy atom. The smallest absolute Gasteiger partial charge is 0.290 e. The monoisotopic (exact) mass is 339 g/mol. The molecule has 0 saturated carbocycles. The molecular weight excluding hydrogens is 322 g/mol. The minimum Gasteiger partial charge on any atom is -0.350 e. The van der Waals surface area contributed by atoms with Gasteiger partial charge in [0.25, 0.3) is 5.91 Å². The van der Waals surface area contributed by atoms with E-state index in [1.165, 1.54) is 0 Å². The second-order valence-electron chi connectivity index (χ2n) is 5.88. The van der Waals surface area contributed by atoms with Gasteiger partial charge in [-0.15, -0.1) is 0 Å². The number of fused-ring (bicyclic) bond motifs is 1. The van der Waals surface area contributed by atoms with Crippen molar-refractivity contribution in [3.63, 3.8) is 0 Å². The Morgan fingerprint density at radius 1 is 1.16 bits per heavy atom. The van der Waals surface area contributed by atoms with Crippen molar-refractivity contribution in [3.05, 3.63) is 47.3 Å². The minimum absolute atomic E-state index is 0.250. The summed E-state index contributed by atoms with van der Waals surface area (Å²) in [6.45, 7) is 0.373. The van der Waals surface area contributed by atoms with Crippen LogP contribution in [0.25, 0.3) is 11.5 Å². The molecule has 0 fully saturated rings. The fraction of sp³-hybridized carbons (Fsp3) is 0.353. The minimum atomic E-state index is -0.250. The Labute approximate surface area is 143 Å². The van der Waals surface area contributed by atoms with Gasteiger partial charge >= 0.3 is 0 Å². The summed E-state index contributed by atoms with van der Waals surface area (Å²) in [6.07, 6.45) is 5.98. The number of pyridine rings is 1. The summed E-state index contributed by atoms with van der Waals surface area (Å²) >= 11 is 0. The van der Waals surface area contributed by atoms with E-state index in [-0.39, 0.29) is 5.91 Å². The van der Waals surface area contributed by atoms with E-state index >= 15 is 0 Å². The highest BCUT2D eigenvalue weighted by atomic mass is 16.5. The molecule has 0 bridgehead atoms. The molecule has 3 aromatic heterocycles. The van der Waals surface area contributed by atoms with Crippen LogP contribution in [0.2, 0.25) is 0 Å². The van der Waals surface area contributed by atoms with Crippen LogP contribution in [-0.4, -0.2) is 32.7 Å². The van der Waals surface area contributed by atoms with Gasteiger partial charge in [-0.3, -0.25) is 9.78 Å². The Balaban J connectivity index is 1.34. The molecule has 128 valence electrons. The highest BCUT2D eigenvalue weighted by molar-refractivity contribution is 5.93. The first kappa shape index (κ1) is 15.5. The Morgan fingerprint density at radius 2 is 2.08 bits per heavy atom. The lowest BCUT2D eigenvalue weighted by Gasteiger charge is -2.08. The van der Waals surface area contributed by atoms with Gasteiger partial charge in [-0.2, -0.15) is 4.98 Å². The first-order valence-corrected chi connectivity index (χ1v) is 8.31. The molecule has 25 heavy (non-hydrogen) atoms. The maximum atomic E-state index is 12.3. The van der Waals surface area contributed by atoms with Crippen LogP contribution in [0.1, 0.15) is 40.5 Å². The zero-order valence-electron chi connectivity index (χ0n) is 13.6. The van der Waals surface area contributed by atoms with Crippen LogP contribution >= 0.6 is 0 Å². The van der Waals surface area contributed by atoms with Crippen LogP contribution < -0.4 is 5.32 Å². The van der Waals surface area contributed by atoms with Gasteiger partial charge < -0.3 is 14.4 Å². The zero-order chi connectivity index (χ0) is 17.1. The predicted octanol–water partition coefficient (Wildman–Crippen LogP) is 1.97. The maximum Gasteiger partial charge on any atom is 0.290 e. The van der Waals surface area contributed by atoms with E-state index in [1.54, 1.807) is 6.20 Å². The number of nitrogens with zero attached hydrogens (tertiary/aromatic N) is 4. The highest BCUT2D eigenvalue weighted by Gasteiger charge is 2.24. The number of rotatable bonds is 5.